The quantitative estimate of drug-likeness (QED) is 0.567. The predicted octanol–water partition coefficient (Wildman–Crippen LogP) is -0.0543. The van der Waals surface area contributed by atoms with Gasteiger partial charge in [0, 0.05) is 12.1 Å². The van der Waals surface area contributed by atoms with Crippen LogP contribution in [0.4, 0.5) is 4.79 Å². The van der Waals surface area contributed by atoms with Crippen LogP contribution >= 0.6 is 0 Å². The van der Waals surface area contributed by atoms with Crippen molar-refractivity contribution >= 4 is 23.8 Å². The van der Waals surface area contributed by atoms with E-state index in [0.717, 1.165) is 0 Å². The first-order valence-corrected chi connectivity index (χ1v) is 6.57. The van der Waals surface area contributed by atoms with Gasteiger partial charge in [-0.2, -0.15) is 0 Å². The van der Waals surface area contributed by atoms with E-state index >= 15 is 0 Å². The van der Waals surface area contributed by atoms with Gasteiger partial charge in [0.05, 0.1) is 6.42 Å². The summed E-state index contributed by atoms with van der Waals surface area (Å²) in [4.78, 5) is 45.2. The van der Waals surface area contributed by atoms with Crippen molar-refractivity contribution in [2.75, 3.05) is 6.54 Å². The van der Waals surface area contributed by atoms with Crippen LogP contribution in [0.1, 0.15) is 29.3 Å². The van der Waals surface area contributed by atoms with Crippen LogP contribution in [0.25, 0.3) is 0 Å². The van der Waals surface area contributed by atoms with Gasteiger partial charge in [0.25, 0.3) is 11.8 Å². The Bertz CT molecular complexity index is 640. The van der Waals surface area contributed by atoms with E-state index in [1.165, 1.54) is 12.1 Å². The molecule has 0 aromatic heterocycles. The monoisotopic (exact) mass is 305 g/mol. The highest BCUT2D eigenvalue weighted by Gasteiger charge is 2.43. The van der Waals surface area contributed by atoms with Crippen molar-refractivity contribution in [2.24, 2.45) is 0 Å². The second-order valence-corrected chi connectivity index (χ2v) is 5.01. The lowest BCUT2D eigenvalue weighted by molar-refractivity contribution is -0.136. The van der Waals surface area contributed by atoms with Crippen LogP contribution in [0.3, 0.4) is 0 Å². The van der Waals surface area contributed by atoms with Crippen LogP contribution in [0.5, 0.6) is 0 Å². The van der Waals surface area contributed by atoms with Crippen molar-refractivity contribution in [2.45, 2.75) is 18.9 Å². The van der Waals surface area contributed by atoms with Gasteiger partial charge in [0.2, 0.25) is 0 Å². The normalized spacial score (nSPS) is 20.2. The molecule has 1 heterocycles. The van der Waals surface area contributed by atoms with E-state index in [9.17, 15) is 19.2 Å². The second-order valence-electron chi connectivity index (χ2n) is 5.01. The molecule has 1 aliphatic heterocycles. The Hall–Kier alpha value is -2.90. The van der Waals surface area contributed by atoms with Crippen molar-refractivity contribution in [1.82, 2.24) is 16.0 Å². The lowest BCUT2D eigenvalue weighted by Gasteiger charge is -2.21. The van der Waals surface area contributed by atoms with Crippen molar-refractivity contribution in [3.05, 3.63) is 35.4 Å². The number of amides is 4. The van der Waals surface area contributed by atoms with E-state index in [4.69, 9.17) is 5.11 Å². The van der Waals surface area contributed by atoms with Crippen molar-refractivity contribution < 1.29 is 24.3 Å². The lowest BCUT2D eigenvalue weighted by Crippen LogP contribution is -2.40. The summed E-state index contributed by atoms with van der Waals surface area (Å²) in [6.07, 6.45) is -0.159. The number of nitrogens with one attached hydrogen (secondary N) is 3. The maximum Gasteiger partial charge on any atom is 0.322 e. The summed E-state index contributed by atoms with van der Waals surface area (Å²) < 4.78 is 0. The van der Waals surface area contributed by atoms with E-state index in [2.05, 4.69) is 16.0 Å². The molecule has 0 bridgehead atoms. The van der Waals surface area contributed by atoms with Gasteiger partial charge in [-0.05, 0) is 24.6 Å². The number of hydrogen-bond acceptors (Lipinski definition) is 4. The van der Waals surface area contributed by atoms with Crippen LogP contribution < -0.4 is 16.0 Å². The Balaban J connectivity index is 2.07. The van der Waals surface area contributed by atoms with Gasteiger partial charge in [-0.1, -0.05) is 12.1 Å². The number of urea groups is 1. The Kier molecular flexibility index (Phi) is 4.11. The summed E-state index contributed by atoms with van der Waals surface area (Å²) in [6, 6.07) is 5.58. The average molecular weight is 305 g/mol. The summed E-state index contributed by atoms with van der Waals surface area (Å²) in [6.45, 7) is 1.60. The number of imide groups is 1. The molecule has 1 aliphatic rings. The maximum atomic E-state index is 11.8. The first kappa shape index (κ1) is 15.5. The third kappa shape index (κ3) is 3.05. The highest BCUT2D eigenvalue weighted by molar-refractivity contribution is 6.07. The highest BCUT2D eigenvalue weighted by Crippen LogP contribution is 2.24. The third-order valence-corrected chi connectivity index (χ3v) is 3.39. The molecule has 8 heteroatoms. The fourth-order valence-corrected chi connectivity index (χ4v) is 2.09. The number of rotatable bonds is 5. The minimum absolute atomic E-state index is 0.0338. The van der Waals surface area contributed by atoms with Gasteiger partial charge in [0.1, 0.15) is 5.54 Å². The maximum absolute atomic E-state index is 11.8. The Morgan fingerprint density at radius 2 is 1.86 bits per heavy atom. The molecule has 1 saturated heterocycles. The molecule has 22 heavy (non-hydrogen) atoms. The Labute approximate surface area is 125 Å². The number of carboxylic acids is 1. The van der Waals surface area contributed by atoms with E-state index in [1.807, 2.05) is 0 Å². The zero-order valence-corrected chi connectivity index (χ0v) is 11.8. The number of aliphatic carboxylic acids is 1. The molecule has 0 spiro atoms. The van der Waals surface area contributed by atoms with Crippen molar-refractivity contribution in [3.8, 4) is 0 Å². The molecule has 116 valence electrons. The van der Waals surface area contributed by atoms with Crippen LogP contribution in [0, 0.1) is 0 Å². The largest absolute Gasteiger partial charge is 0.481 e. The van der Waals surface area contributed by atoms with Crippen LogP contribution in [0.15, 0.2) is 24.3 Å². The topological polar surface area (TPSA) is 125 Å². The summed E-state index contributed by atoms with van der Waals surface area (Å²) in [5.74, 6) is -1.86. The molecule has 1 aromatic rings. The van der Waals surface area contributed by atoms with Gasteiger partial charge >= 0.3 is 12.0 Å². The molecule has 1 fully saturated rings. The molecule has 0 unspecified atom stereocenters. The fraction of sp³-hybridized carbons (Fsp3) is 0.286. The van der Waals surface area contributed by atoms with Crippen LogP contribution in [-0.2, 0) is 15.1 Å². The summed E-state index contributed by atoms with van der Waals surface area (Å²) in [7, 11) is 0. The fourth-order valence-electron chi connectivity index (χ4n) is 2.09. The second kappa shape index (κ2) is 5.84. The smallest absolute Gasteiger partial charge is 0.322 e. The lowest BCUT2D eigenvalue weighted by atomic mass is 9.91. The van der Waals surface area contributed by atoms with E-state index in [0.29, 0.717) is 11.1 Å². The summed E-state index contributed by atoms with van der Waals surface area (Å²) >= 11 is 0. The average Bonchev–Trinajstić information content (AvgIpc) is 2.72. The van der Waals surface area contributed by atoms with Gasteiger partial charge in [-0.3, -0.25) is 19.7 Å². The van der Waals surface area contributed by atoms with Crippen molar-refractivity contribution in [1.29, 1.82) is 0 Å². The van der Waals surface area contributed by atoms with E-state index in [-0.39, 0.29) is 13.0 Å². The van der Waals surface area contributed by atoms with E-state index < -0.39 is 29.4 Å². The molecule has 0 saturated carbocycles. The molecule has 4 amide bonds. The SMILES string of the molecule is C[C@]1(c2ccc(C(=O)NCCC(=O)O)cc2)NC(=O)NC1=O. The molecule has 0 radical (unpaired) electrons. The third-order valence-electron chi connectivity index (χ3n) is 3.39. The Morgan fingerprint density at radius 3 is 2.36 bits per heavy atom. The van der Waals surface area contributed by atoms with E-state index in [1.54, 1.807) is 19.1 Å². The molecule has 1 aromatic carbocycles. The zero-order valence-electron chi connectivity index (χ0n) is 11.8. The van der Waals surface area contributed by atoms with Gasteiger partial charge in [-0.25, -0.2) is 4.79 Å². The van der Waals surface area contributed by atoms with Gasteiger partial charge in [0.15, 0.2) is 0 Å². The highest BCUT2D eigenvalue weighted by atomic mass is 16.4. The minimum Gasteiger partial charge on any atom is -0.481 e. The standard InChI is InChI=1S/C14H15N3O5/c1-14(12(21)16-13(22)17-14)9-4-2-8(3-5-9)11(20)15-7-6-10(18)19/h2-5H,6-7H2,1H3,(H,15,20)(H,18,19)(H2,16,17,21,22)/t14-/m1/s1. The molecule has 8 nitrogen and oxygen atoms in total. The molecular formula is C14H15N3O5. The molecular weight excluding hydrogens is 290 g/mol. The number of carbonyl (C=O) groups excluding carboxylic acids is 3. The summed E-state index contributed by atoms with van der Waals surface area (Å²) in [5, 5.41) is 15.7. The number of carboxylic acid groups (broad SMARTS) is 1. The predicted molar refractivity (Wildman–Crippen MR) is 75.1 cm³/mol. The number of carbonyl (C=O) groups is 4. The van der Waals surface area contributed by atoms with Crippen LogP contribution in [-0.4, -0.2) is 35.5 Å². The summed E-state index contributed by atoms with van der Waals surface area (Å²) in [5.41, 5.74) is -0.296. The first-order valence-electron chi connectivity index (χ1n) is 6.57. The Morgan fingerprint density at radius 1 is 1.23 bits per heavy atom. The number of benzene rings is 1. The number of hydrogen-bond donors (Lipinski definition) is 4. The van der Waals surface area contributed by atoms with Gasteiger partial charge in [-0.15, -0.1) is 0 Å². The first-order chi connectivity index (χ1) is 10.3. The minimum atomic E-state index is -1.17. The molecule has 2 rings (SSSR count). The molecule has 1 atom stereocenters. The molecule has 0 aliphatic carbocycles. The molecule has 4 N–H and O–H groups in total. The van der Waals surface area contributed by atoms with Crippen molar-refractivity contribution in [3.63, 3.8) is 0 Å². The zero-order chi connectivity index (χ0) is 16.3. The van der Waals surface area contributed by atoms with Crippen LogP contribution in [0.2, 0.25) is 0 Å². The van der Waals surface area contributed by atoms with Gasteiger partial charge < -0.3 is 15.7 Å².